The molecule has 0 radical (unpaired) electrons. The summed E-state index contributed by atoms with van der Waals surface area (Å²) in [5.74, 6) is -0.963. The maximum Gasteiger partial charge on any atom is 0.351 e. The number of carbonyl (C=O) groups excluding carboxylic acids is 2. The first-order chi connectivity index (χ1) is 14.0. The predicted molar refractivity (Wildman–Crippen MR) is 117 cm³/mol. The lowest BCUT2D eigenvalue weighted by Crippen LogP contribution is -2.30. The van der Waals surface area contributed by atoms with E-state index in [0.29, 0.717) is 17.1 Å². The topological polar surface area (TPSA) is 70.4 Å². The third kappa shape index (κ3) is 4.67. The number of carbonyl (C=O) groups is 2. The van der Waals surface area contributed by atoms with Gasteiger partial charge in [-0.15, -0.1) is 0 Å². The molecule has 1 atom stereocenters. The molecule has 1 aliphatic heterocycles. The molecule has 2 aromatic carbocycles. The Kier molecular flexibility index (Phi) is 7.01. The summed E-state index contributed by atoms with van der Waals surface area (Å²) in [6.45, 7) is 1.80. The smallest absolute Gasteiger partial charge is 0.351 e. The second-order valence-electron chi connectivity index (χ2n) is 6.06. The molecule has 1 amide bonds. The molecule has 29 heavy (non-hydrogen) atoms. The number of amides is 1. The van der Waals surface area contributed by atoms with Crippen LogP contribution >= 0.6 is 39.3 Å². The zero-order valence-electron chi connectivity index (χ0n) is 15.4. The first-order valence-electron chi connectivity index (χ1n) is 8.77. The third-order valence-electron chi connectivity index (χ3n) is 4.21. The Morgan fingerprint density at radius 3 is 2.59 bits per heavy atom. The number of hydrogen-bond acceptors (Lipinski definition) is 5. The zero-order valence-corrected chi connectivity index (χ0v) is 18.6. The van der Waals surface area contributed by atoms with Crippen LogP contribution in [0, 0.1) is 11.3 Å². The number of thioether (sulfide) groups is 1. The monoisotopic (exact) mass is 490 g/mol. The normalized spacial score (nSPS) is 17.8. The van der Waals surface area contributed by atoms with Gasteiger partial charge in [0.1, 0.15) is 11.1 Å². The number of nitrogens with zero attached hydrogens (tertiary/aromatic N) is 2. The van der Waals surface area contributed by atoms with E-state index in [1.54, 1.807) is 37.3 Å². The van der Waals surface area contributed by atoms with Crippen molar-refractivity contribution in [2.75, 3.05) is 11.5 Å². The minimum absolute atomic E-state index is 0.136. The molecule has 0 saturated carbocycles. The van der Waals surface area contributed by atoms with Crippen molar-refractivity contribution in [1.82, 2.24) is 0 Å². The lowest BCUT2D eigenvalue weighted by atomic mass is 10.1. The fraction of sp³-hybridized carbons (Fsp3) is 0.190. The van der Waals surface area contributed by atoms with Crippen LogP contribution in [0.5, 0.6) is 0 Å². The summed E-state index contributed by atoms with van der Waals surface area (Å²) in [7, 11) is 0. The minimum Gasteiger partial charge on any atom is -0.462 e. The van der Waals surface area contributed by atoms with E-state index in [1.165, 1.54) is 16.7 Å². The summed E-state index contributed by atoms with van der Waals surface area (Å²) in [6.07, 6.45) is 0.376. The molecular formula is C21H16BrClN2O3S. The quantitative estimate of drug-likeness (QED) is 0.331. The number of esters is 1. The van der Waals surface area contributed by atoms with E-state index in [0.717, 1.165) is 10.0 Å². The van der Waals surface area contributed by atoms with Gasteiger partial charge in [-0.1, -0.05) is 57.5 Å². The van der Waals surface area contributed by atoms with Gasteiger partial charge in [0.15, 0.2) is 5.57 Å². The van der Waals surface area contributed by atoms with Gasteiger partial charge in [-0.25, -0.2) is 4.79 Å². The average Bonchev–Trinajstić information content (AvgIpc) is 3.01. The molecule has 0 N–H and O–H groups in total. The minimum atomic E-state index is -0.745. The molecule has 3 rings (SSSR count). The molecule has 0 aromatic heterocycles. The fourth-order valence-corrected chi connectivity index (χ4v) is 4.63. The van der Waals surface area contributed by atoms with Crippen molar-refractivity contribution in [3.63, 3.8) is 0 Å². The third-order valence-corrected chi connectivity index (χ3v) is 6.37. The number of ether oxygens (including phenoxy) is 1. The standard InChI is InChI=1S/C21H16BrClN2O3S/c1-2-28-21(27)16(12-24)20-25(15-9-7-14(22)8-10-15)19(26)18(29-20)11-13-5-3-4-6-17(13)23/h3-10,18H,2,11H2,1H3/b20-16-/t18-/m0/s1. The molecule has 1 saturated heterocycles. The zero-order chi connectivity index (χ0) is 21.0. The maximum absolute atomic E-state index is 13.3. The molecule has 8 heteroatoms. The maximum atomic E-state index is 13.3. The Morgan fingerprint density at radius 1 is 1.28 bits per heavy atom. The van der Waals surface area contributed by atoms with Crippen LogP contribution in [-0.2, 0) is 20.7 Å². The molecule has 1 heterocycles. The summed E-state index contributed by atoms with van der Waals surface area (Å²) in [6, 6.07) is 16.3. The summed E-state index contributed by atoms with van der Waals surface area (Å²) in [5.41, 5.74) is 1.21. The molecular weight excluding hydrogens is 476 g/mol. The molecule has 0 bridgehead atoms. The van der Waals surface area contributed by atoms with Crippen LogP contribution < -0.4 is 4.90 Å². The molecule has 0 aliphatic carbocycles. The Morgan fingerprint density at radius 2 is 1.97 bits per heavy atom. The van der Waals surface area contributed by atoms with E-state index < -0.39 is 11.2 Å². The highest BCUT2D eigenvalue weighted by molar-refractivity contribution is 9.10. The van der Waals surface area contributed by atoms with Crippen molar-refractivity contribution in [1.29, 1.82) is 5.26 Å². The summed E-state index contributed by atoms with van der Waals surface area (Å²) in [5, 5.41) is 9.93. The van der Waals surface area contributed by atoms with Crippen LogP contribution in [0.15, 0.2) is 63.6 Å². The van der Waals surface area contributed by atoms with E-state index in [4.69, 9.17) is 16.3 Å². The van der Waals surface area contributed by atoms with E-state index in [1.807, 2.05) is 24.3 Å². The highest BCUT2D eigenvalue weighted by Gasteiger charge is 2.41. The van der Waals surface area contributed by atoms with E-state index in [-0.39, 0.29) is 23.1 Å². The number of anilines is 1. The van der Waals surface area contributed by atoms with E-state index in [9.17, 15) is 14.9 Å². The average molecular weight is 492 g/mol. The van der Waals surface area contributed by atoms with Crippen LogP contribution in [0.4, 0.5) is 5.69 Å². The Labute approximate surface area is 186 Å². The van der Waals surface area contributed by atoms with Gasteiger partial charge < -0.3 is 4.74 Å². The lowest BCUT2D eigenvalue weighted by molar-refractivity contribution is -0.138. The number of hydrogen-bond donors (Lipinski definition) is 0. The first kappa shape index (κ1) is 21.4. The van der Waals surface area contributed by atoms with Gasteiger partial charge in [-0.3, -0.25) is 9.69 Å². The van der Waals surface area contributed by atoms with Crippen LogP contribution in [-0.4, -0.2) is 23.7 Å². The van der Waals surface area contributed by atoms with Gasteiger partial charge >= 0.3 is 5.97 Å². The van der Waals surface area contributed by atoms with Crippen molar-refractivity contribution in [2.24, 2.45) is 0 Å². The molecule has 0 spiro atoms. The van der Waals surface area contributed by atoms with Crippen molar-refractivity contribution in [2.45, 2.75) is 18.6 Å². The van der Waals surface area contributed by atoms with Gasteiger partial charge in [0.05, 0.1) is 11.9 Å². The van der Waals surface area contributed by atoms with Crippen molar-refractivity contribution < 1.29 is 14.3 Å². The van der Waals surface area contributed by atoms with Gasteiger partial charge in [-0.05, 0) is 49.2 Å². The Balaban J connectivity index is 2.05. The molecule has 5 nitrogen and oxygen atoms in total. The molecule has 0 unspecified atom stereocenters. The summed E-state index contributed by atoms with van der Waals surface area (Å²) < 4.78 is 5.87. The molecule has 148 valence electrons. The highest BCUT2D eigenvalue weighted by Crippen LogP contribution is 2.42. The highest BCUT2D eigenvalue weighted by atomic mass is 79.9. The number of halogens is 2. The number of benzene rings is 2. The second kappa shape index (κ2) is 9.49. The van der Waals surface area contributed by atoms with E-state index in [2.05, 4.69) is 15.9 Å². The first-order valence-corrected chi connectivity index (χ1v) is 10.8. The van der Waals surface area contributed by atoms with Crippen LogP contribution in [0.3, 0.4) is 0 Å². The van der Waals surface area contributed by atoms with Gasteiger partial charge in [0, 0.05) is 15.2 Å². The van der Waals surface area contributed by atoms with Crippen LogP contribution in [0.25, 0.3) is 0 Å². The van der Waals surface area contributed by atoms with Crippen LogP contribution in [0.1, 0.15) is 12.5 Å². The Hall–Kier alpha value is -2.27. The SMILES string of the molecule is CCOC(=O)/C(C#N)=C1\S[C@@H](Cc2ccccc2Cl)C(=O)N1c1ccc(Br)cc1. The van der Waals surface area contributed by atoms with Gasteiger partial charge in [0.2, 0.25) is 5.91 Å². The number of rotatable bonds is 5. The van der Waals surface area contributed by atoms with E-state index >= 15 is 0 Å². The van der Waals surface area contributed by atoms with Crippen molar-refractivity contribution in [3.05, 3.63) is 74.2 Å². The largest absolute Gasteiger partial charge is 0.462 e. The Bertz CT molecular complexity index is 1020. The molecule has 1 aliphatic rings. The van der Waals surface area contributed by atoms with Crippen molar-refractivity contribution in [3.8, 4) is 6.07 Å². The summed E-state index contributed by atoms with van der Waals surface area (Å²) in [4.78, 5) is 27.0. The lowest BCUT2D eigenvalue weighted by Gasteiger charge is -2.18. The van der Waals surface area contributed by atoms with Crippen molar-refractivity contribution >= 4 is 56.9 Å². The summed E-state index contributed by atoms with van der Waals surface area (Å²) >= 11 is 10.8. The van der Waals surface area contributed by atoms with Gasteiger partial charge in [0.25, 0.3) is 0 Å². The number of nitriles is 1. The predicted octanol–water partition coefficient (Wildman–Crippen LogP) is 5.09. The van der Waals surface area contributed by atoms with Gasteiger partial charge in [-0.2, -0.15) is 5.26 Å². The second-order valence-corrected chi connectivity index (χ2v) is 8.58. The fourth-order valence-electron chi connectivity index (χ4n) is 2.86. The molecule has 1 fully saturated rings. The molecule has 2 aromatic rings. The van der Waals surface area contributed by atoms with Crippen LogP contribution in [0.2, 0.25) is 5.02 Å².